The standard InChI is InChI=1S/C11H12O4/c1-12-8-4-7(10-6-15-10)5-9-11(8)14-3-2-13-9/h4-5,10H,2-3,6H2,1H3. The predicted octanol–water partition coefficient (Wildman–Crippen LogP) is 1.54. The van der Waals surface area contributed by atoms with E-state index < -0.39 is 0 Å². The van der Waals surface area contributed by atoms with Crippen molar-refractivity contribution in [1.82, 2.24) is 0 Å². The minimum atomic E-state index is 0.203. The summed E-state index contributed by atoms with van der Waals surface area (Å²) in [6, 6.07) is 3.92. The first-order valence-electron chi connectivity index (χ1n) is 4.97. The van der Waals surface area contributed by atoms with E-state index in [1.807, 2.05) is 12.1 Å². The summed E-state index contributed by atoms with van der Waals surface area (Å²) in [5, 5.41) is 0. The van der Waals surface area contributed by atoms with Crippen molar-refractivity contribution >= 4 is 0 Å². The fourth-order valence-electron chi connectivity index (χ4n) is 1.72. The predicted molar refractivity (Wildman–Crippen MR) is 52.7 cm³/mol. The molecule has 0 N–H and O–H groups in total. The Morgan fingerprint density at radius 1 is 1.27 bits per heavy atom. The van der Waals surface area contributed by atoms with Gasteiger partial charge in [-0.2, -0.15) is 0 Å². The molecule has 15 heavy (non-hydrogen) atoms. The highest BCUT2D eigenvalue weighted by atomic mass is 16.6. The van der Waals surface area contributed by atoms with Crippen molar-refractivity contribution in [2.75, 3.05) is 26.9 Å². The lowest BCUT2D eigenvalue weighted by Crippen LogP contribution is -2.16. The maximum absolute atomic E-state index is 5.52. The Kier molecular flexibility index (Phi) is 1.95. The lowest BCUT2D eigenvalue weighted by atomic mass is 10.1. The summed E-state index contributed by atoms with van der Waals surface area (Å²) in [6.45, 7) is 1.94. The Labute approximate surface area is 87.7 Å². The summed E-state index contributed by atoms with van der Waals surface area (Å²) < 4.78 is 21.5. The molecule has 4 nitrogen and oxygen atoms in total. The number of ether oxygens (including phenoxy) is 4. The molecule has 2 heterocycles. The van der Waals surface area contributed by atoms with Crippen LogP contribution < -0.4 is 14.2 Å². The molecular formula is C11H12O4. The van der Waals surface area contributed by atoms with E-state index in [4.69, 9.17) is 18.9 Å². The number of hydrogen-bond donors (Lipinski definition) is 0. The van der Waals surface area contributed by atoms with Crippen molar-refractivity contribution in [2.45, 2.75) is 6.10 Å². The van der Waals surface area contributed by atoms with Crippen LogP contribution in [-0.2, 0) is 4.74 Å². The van der Waals surface area contributed by atoms with Crippen LogP contribution in [-0.4, -0.2) is 26.9 Å². The zero-order valence-electron chi connectivity index (χ0n) is 8.49. The minimum absolute atomic E-state index is 0.203. The summed E-state index contributed by atoms with van der Waals surface area (Å²) in [7, 11) is 1.63. The van der Waals surface area contributed by atoms with Gasteiger partial charge in [-0.25, -0.2) is 0 Å². The monoisotopic (exact) mass is 208 g/mol. The van der Waals surface area contributed by atoms with Gasteiger partial charge in [-0.05, 0) is 17.7 Å². The number of epoxide rings is 1. The quantitative estimate of drug-likeness (QED) is 0.691. The fraction of sp³-hybridized carbons (Fsp3) is 0.455. The van der Waals surface area contributed by atoms with Crippen molar-refractivity contribution < 1.29 is 18.9 Å². The third-order valence-corrected chi connectivity index (χ3v) is 2.56. The molecule has 1 unspecified atom stereocenters. The van der Waals surface area contributed by atoms with E-state index in [1.54, 1.807) is 7.11 Å². The average molecular weight is 208 g/mol. The largest absolute Gasteiger partial charge is 0.493 e. The Bertz CT molecular complexity index is 367. The van der Waals surface area contributed by atoms with Gasteiger partial charge < -0.3 is 18.9 Å². The third-order valence-electron chi connectivity index (χ3n) is 2.56. The van der Waals surface area contributed by atoms with Gasteiger partial charge in [0.1, 0.15) is 19.3 Å². The van der Waals surface area contributed by atoms with Crippen LogP contribution in [0.2, 0.25) is 0 Å². The maximum Gasteiger partial charge on any atom is 0.203 e. The number of fused-ring (bicyclic) bond motifs is 1. The number of methoxy groups -OCH3 is 1. The van der Waals surface area contributed by atoms with Gasteiger partial charge in [0.05, 0.1) is 13.7 Å². The van der Waals surface area contributed by atoms with Gasteiger partial charge in [-0.1, -0.05) is 0 Å². The van der Waals surface area contributed by atoms with E-state index in [0.29, 0.717) is 19.0 Å². The molecule has 0 bridgehead atoms. The van der Waals surface area contributed by atoms with Gasteiger partial charge in [0.25, 0.3) is 0 Å². The Hall–Kier alpha value is -1.42. The zero-order chi connectivity index (χ0) is 10.3. The van der Waals surface area contributed by atoms with Gasteiger partial charge in [0.2, 0.25) is 5.75 Å². The normalized spacial score (nSPS) is 22.3. The summed E-state index contributed by atoms with van der Waals surface area (Å²) in [6.07, 6.45) is 0.203. The molecule has 1 aromatic rings. The number of benzene rings is 1. The Morgan fingerprint density at radius 2 is 2.07 bits per heavy atom. The van der Waals surface area contributed by atoms with Gasteiger partial charge in [0, 0.05) is 0 Å². The highest BCUT2D eigenvalue weighted by molar-refractivity contribution is 5.55. The first-order chi connectivity index (χ1) is 7.38. The van der Waals surface area contributed by atoms with Crippen LogP contribution in [0.1, 0.15) is 11.7 Å². The van der Waals surface area contributed by atoms with Crippen LogP contribution in [0, 0.1) is 0 Å². The molecule has 0 saturated carbocycles. The molecule has 4 heteroatoms. The highest BCUT2D eigenvalue weighted by Gasteiger charge is 2.28. The van der Waals surface area contributed by atoms with Crippen LogP contribution >= 0.6 is 0 Å². The van der Waals surface area contributed by atoms with Crippen LogP contribution in [0.4, 0.5) is 0 Å². The molecule has 0 amide bonds. The van der Waals surface area contributed by atoms with Gasteiger partial charge in [0.15, 0.2) is 11.5 Å². The smallest absolute Gasteiger partial charge is 0.203 e. The molecule has 1 fully saturated rings. The third kappa shape index (κ3) is 1.51. The van der Waals surface area contributed by atoms with Gasteiger partial charge in [-0.15, -0.1) is 0 Å². The van der Waals surface area contributed by atoms with Crippen molar-refractivity contribution in [3.05, 3.63) is 17.7 Å². The molecule has 3 rings (SSSR count). The Morgan fingerprint density at radius 3 is 2.80 bits per heavy atom. The molecule has 0 spiro atoms. The molecule has 80 valence electrons. The van der Waals surface area contributed by atoms with E-state index in [9.17, 15) is 0 Å². The van der Waals surface area contributed by atoms with Crippen LogP contribution in [0.15, 0.2) is 12.1 Å². The lowest BCUT2D eigenvalue weighted by Gasteiger charge is -2.21. The van der Waals surface area contributed by atoms with Crippen LogP contribution in [0.3, 0.4) is 0 Å². The minimum Gasteiger partial charge on any atom is -0.493 e. The first kappa shape index (κ1) is 8.85. The summed E-state index contributed by atoms with van der Waals surface area (Å²) in [4.78, 5) is 0. The summed E-state index contributed by atoms with van der Waals surface area (Å²) in [5.74, 6) is 2.18. The first-order valence-corrected chi connectivity index (χ1v) is 4.97. The number of rotatable bonds is 2. The second-order valence-electron chi connectivity index (χ2n) is 3.57. The Balaban J connectivity index is 2.06. The molecule has 1 aromatic carbocycles. The lowest BCUT2D eigenvalue weighted by molar-refractivity contribution is 0.164. The van der Waals surface area contributed by atoms with Gasteiger partial charge >= 0.3 is 0 Å². The average Bonchev–Trinajstić information content (AvgIpc) is 3.11. The molecule has 1 atom stereocenters. The SMILES string of the molecule is COc1cc(C2CO2)cc2c1OCCO2. The molecule has 0 radical (unpaired) electrons. The molecule has 0 aliphatic carbocycles. The van der Waals surface area contributed by atoms with E-state index in [1.165, 1.54) is 0 Å². The van der Waals surface area contributed by atoms with E-state index in [0.717, 1.165) is 23.7 Å². The molecule has 2 aliphatic heterocycles. The van der Waals surface area contributed by atoms with E-state index in [-0.39, 0.29) is 6.10 Å². The van der Waals surface area contributed by atoms with Crippen molar-refractivity contribution in [1.29, 1.82) is 0 Å². The summed E-state index contributed by atoms with van der Waals surface area (Å²) in [5.41, 5.74) is 1.09. The van der Waals surface area contributed by atoms with E-state index >= 15 is 0 Å². The number of hydrogen-bond acceptors (Lipinski definition) is 4. The van der Waals surface area contributed by atoms with Crippen molar-refractivity contribution in [2.24, 2.45) is 0 Å². The second-order valence-corrected chi connectivity index (χ2v) is 3.57. The zero-order valence-corrected chi connectivity index (χ0v) is 8.49. The van der Waals surface area contributed by atoms with Gasteiger partial charge in [-0.3, -0.25) is 0 Å². The second kappa shape index (κ2) is 3.31. The fourth-order valence-corrected chi connectivity index (χ4v) is 1.72. The van der Waals surface area contributed by atoms with Crippen LogP contribution in [0.25, 0.3) is 0 Å². The molecular weight excluding hydrogens is 196 g/mol. The van der Waals surface area contributed by atoms with E-state index in [2.05, 4.69) is 0 Å². The molecule has 0 aromatic heterocycles. The summed E-state index contributed by atoms with van der Waals surface area (Å²) >= 11 is 0. The van der Waals surface area contributed by atoms with Crippen molar-refractivity contribution in [3.8, 4) is 17.2 Å². The molecule has 2 aliphatic rings. The maximum atomic E-state index is 5.52. The topological polar surface area (TPSA) is 40.2 Å². The highest BCUT2D eigenvalue weighted by Crippen LogP contribution is 2.44. The molecule has 1 saturated heterocycles. The van der Waals surface area contributed by atoms with Crippen LogP contribution in [0.5, 0.6) is 17.2 Å². The van der Waals surface area contributed by atoms with Crippen molar-refractivity contribution in [3.63, 3.8) is 0 Å².